The van der Waals surface area contributed by atoms with E-state index in [2.05, 4.69) is 15.0 Å². The van der Waals surface area contributed by atoms with Crippen molar-refractivity contribution in [3.63, 3.8) is 0 Å². The number of methoxy groups -OCH3 is 2. The normalized spacial score (nSPS) is 10.0. The molecule has 0 spiro atoms. The molecule has 2 rings (SSSR count). The Morgan fingerprint density at radius 2 is 2.00 bits per heavy atom. The summed E-state index contributed by atoms with van der Waals surface area (Å²) in [5.41, 5.74) is 0.649. The van der Waals surface area contributed by atoms with Crippen LogP contribution >= 0.6 is 0 Å². The van der Waals surface area contributed by atoms with Gasteiger partial charge in [-0.2, -0.15) is 0 Å². The van der Waals surface area contributed by atoms with Gasteiger partial charge < -0.3 is 14.8 Å². The Hall–Kier alpha value is -2.96. The summed E-state index contributed by atoms with van der Waals surface area (Å²) in [6, 6.07) is 7.07. The van der Waals surface area contributed by atoms with Gasteiger partial charge in [0.25, 0.3) is 0 Å². The molecule has 120 valence electrons. The van der Waals surface area contributed by atoms with Crippen LogP contribution in [0.5, 0.6) is 5.75 Å². The summed E-state index contributed by atoms with van der Waals surface area (Å²) in [4.78, 5) is 27.3. The predicted molar refractivity (Wildman–Crippen MR) is 80.9 cm³/mol. The number of nitrogens with zero attached hydrogens (tertiary/aromatic N) is 1. The zero-order valence-electron chi connectivity index (χ0n) is 12.6. The van der Waals surface area contributed by atoms with E-state index in [0.717, 1.165) is 0 Å². The Bertz CT molecular complexity index is 734. The van der Waals surface area contributed by atoms with Crippen LogP contribution in [-0.4, -0.2) is 31.1 Å². The van der Waals surface area contributed by atoms with Crippen molar-refractivity contribution in [3.05, 3.63) is 53.6 Å². The second kappa shape index (κ2) is 7.35. The number of aromatic nitrogens is 1. The smallest absolute Gasteiger partial charge is 0.356 e. The van der Waals surface area contributed by atoms with E-state index in [4.69, 9.17) is 4.74 Å². The molecule has 1 N–H and O–H groups in total. The highest BCUT2D eigenvalue weighted by Gasteiger charge is 2.12. The molecule has 0 bridgehead atoms. The molecule has 23 heavy (non-hydrogen) atoms. The van der Waals surface area contributed by atoms with Crippen LogP contribution in [-0.2, 0) is 16.0 Å². The number of halogens is 1. The van der Waals surface area contributed by atoms with Gasteiger partial charge in [-0.3, -0.25) is 4.79 Å². The van der Waals surface area contributed by atoms with Crippen LogP contribution in [0, 0.1) is 5.82 Å². The molecule has 1 amide bonds. The molecule has 1 heterocycles. The second-order valence-electron chi connectivity index (χ2n) is 4.60. The molecule has 0 radical (unpaired) electrons. The number of benzene rings is 1. The highest BCUT2D eigenvalue weighted by molar-refractivity contribution is 5.94. The lowest BCUT2D eigenvalue weighted by Gasteiger charge is -2.08. The Morgan fingerprint density at radius 3 is 2.70 bits per heavy atom. The fourth-order valence-corrected chi connectivity index (χ4v) is 1.92. The lowest BCUT2D eigenvalue weighted by atomic mass is 10.1. The first kappa shape index (κ1) is 16.4. The quantitative estimate of drug-likeness (QED) is 0.855. The van der Waals surface area contributed by atoms with Crippen LogP contribution in [0.4, 0.5) is 10.1 Å². The van der Waals surface area contributed by atoms with Gasteiger partial charge in [0.2, 0.25) is 5.91 Å². The summed E-state index contributed by atoms with van der Waals surface area (Å²) >= 11 is 0. The third-order valence-corrected chi connectivity index (χ3v) is 3.04. The van der Waals surface area contributed by atoms with Gasteiger partial charge >= 0.3 is 5.97 Å². The van der Waals surface area contributed by atoms with Crippen LogP contribution in [0.3, 0.4) is 0 Å². The minimum atomic E-state index is -0.611. The number of carbonyl (C=O) groups is 2. The SMILES string of the molecule is COC(=O)c1cc(NC(=O)Cc2cc(OC)ccc2F)ccn1. The molecular formula is C16H15FN2O4. The largest absolute Gasteiger partial charge is 0.497 e. The van der Waals surface area contributed by atoms with E-state index in [9.17, 15) is 14.0 Å². The van der Waals surface area contributed by atoms with Gasteiger partial charge in [0.05, 0.1) is 20.6 Å². The maximum atomic E-state index is 13.7. The van der Waals surface area contributed by atoms with Crippen LogP contribution in [0.2, 0.25) is 0 Å². The molecule has 7 heteroatoms. The summed E-state index contributed by atoms with van der Waals surface area (Å²) in [7, 11) is 2.70. The molecule has 0 saturated carbocycles. The van der Waals surface area contributed by atoms with Crippen molar-refractivity contribution in [1.82, 2.24) is 4.98 Å². The minimum absolute atomic E-state index is 0.0675. The van der Waals surface area contributed by atoms with E-state index in [1.54, 1.807) is 0 Å². The standard InChI is InChI=1S/C16H15FN2O4/c1-22-12-3-4-13(17)10(7-12)8-15(20)19-11-5-6-18-14(9-11)16(21)23-2/h3-7,9H,8H2,1-2H3,(H,18,19,20). The van der Waals surface area contributed by atoms with Crippen molar-refractivity contribution >= 4 is 17.6 Å². The summed E-state index contributed by atoms with van der Waals surface area (Å²) in [6.07, 6.45) is 1.20. The van der Waals surface area contributed by atoms with E-state index in [0.29, 0.717) is 11.4 Å². The molecule has 0 aliphatic carbocycles. The molecule has 6 nitrogen and oxygen atoms in total. The summed E-state index contributed by atoms with van der Waals surface area (Å²) in [6.45, 7) is 0. The lowest BCUT2D eigenvalue weighted by molar-refractivity contribution is -0.115. The fraction of sp³-hybridized carbons (Fsp3) is 0.188. The molecule has 0 atom stereocenters. The number of amides is 1. The summed E-state index contributed by atoms with van der Waals surface area (Å²) in [5, 5.41) is 2.58. The molecule has 0 aliphatic heterocycles. The third-order valence-electron chi connectivity index (χ3n) is 3.04. The Kier molecular flexibility index (Phi) is 5.24. The van der Waals surface area contributed by atoms with Crippen molar-refractivity contribution in [2.75, 3.05) is 19.5 Å². The van der Waals surface area contributed by atoms with Gasteiger partial charge in [-0.1, -0.05) is 0 Å². The van der Waals surface area contributed by atoms with Gasteiger partial charge in [-0.15, -0.1) is 0 Å². The second-order valence-corrected chi connectivity index (χ2v) is 4.60. The first-order valence-electron chi connectivity index (χ1n) is 6.70. The monoisotopic (exact) mass is 318 g/mol. The van der Waals surface area contributed by atoms with Crippen molar-refractivity contribution < 1.29 is 23.5 Å². The highest BCUT2D eigenvalue weighted by atomic mass is 19.1. The number of ether oxygens (including phenoxy) is 2. The number of nitrogens with one attached hydrogen (secondary N) is 1. The molecular weight excluding hydrogens is 303 g/mol. The zero-order chi connectivity index (χ0) is 16.8. The summed E-state index contributed by atoms with van der Waals surface area (Å²) < 4.78 is 23.3. The van der Waals surface area contributed by atoms with Gasteiger partial charge in [0.15, 0.2) is 0 Å². The van der Waals surface area contributed by atoms with E-state index in [-0.39, 0.29) is 17.7 Å². The van der Waals surface area contributed by atoms with E-state index < -0.39 is 17.7 Å². The van der Waals surface area contributed by atoms with Gasteiger partial charge in [-0.25, -0.2) is 14.2 Å². The number of pyridine rings is 1. The van der Waals surface area contributed by atoms with Crippen LogP contribution in [0.25, 0.3) is 0 Å². The Labute approximate surface area is 132 Å². The van der Waals surface area contributed by atoms with Gasteiger partial charge in [0, 0.05) is 17.4 Å². The first-order chi connectivity index (χ1) is 11.0. The molecule has 1 aromatic heterocycles. The van der Waals surface area contributed by atoms with E-state index in [1.807, 2.05) is 0 Å². The molecule has 0 fully saturated rings. The van der Waals surface area contributed by atoms with Crippen LogP contribution < -0.4 is 10.1 Å². The Morgan fingerprint density at radius 1 is 1.22 bits per heavy atom. The molecule has 0 saturated heterocycles. The average Bonchev–Trinajstić information content (AvgIpc) is 2.56. The van der Waals surface area contributed by atoms with Gasteiger partial charge in [0.1, 0.15) is 17.3 Å². The highest BCUT2D eigenvalue weighted by Crippen LogP contribution is 2.18. The molecule has 0 aliphatic rings. The number of carbonyl (C=O) groups excluding carboxylic acids is 2. The minimum Gasteiger partial charge on any atom is -0.497 e. The maximum Gasteiger partial charge on any atom is 0.356 e. The fourth-order valence-electron chi connectivity index (χ4n) is 1.92. The van der Waals surface area contributed by atoms with E-state index in [1.165, 1.54) is 50.7 Å². The number of hydrogen-bond acceptors (Lipinski definition) is 5. The van der Waals surface area contributed by atoms with Crippen molar-refractivity contribution in [1.29, 1.82) is 0 Å². The van der Waals surface area contributed by atoms with Crippen LogP contribution in [0.1, 0.15) is 16.1 Å². The number of rotatable bonds is 5. The third kappa shape index (κ3) is 4.26. The van der Waals surface area contributed by atoms with Crippen molar-refractivity contribution in [2.24, 2.45) is 0 Å². The maximum absolute atomic E-state index is 13.7. The van der Waals surface area contributed by atoms with E-state index >= 15 is 0 Å². The average molecular weight is 318 g/mol. The van der Waals surface area contributed by atoms with Crippen molar-refractivity contribution in [3.8, 4) is 5.75 Å². The molecule has 1 aromatic carbocycles. The van der Waals surface area contributed by atoms with Crippen LogP contribution in [0.15, 0.2) is 36.5 Å². The lowest BCUT2D eigenvalue weighted by Crippen LogP contribution is -2.16. The Balaban J connectivity index is 2.09. The predicted octanol–water partition coefficient (Wildman–Crippen LogP) is 2.20. The molecule has 2 aromatic rings. The summed E-state index contributed by atoms with van der Waals surface area (Å²) in [5.74, 6) is -1.07. The van der Waals surface area contributed by atoms with Gasteiger partial charge in [-0.05, 0) is 30.3 Å². The molecule has 0 unspecified atom stereocenters. The number of anilines is 1. The first-order valence-corrected chi connectivity index (χ1v) is 6.70. The topological polar surface area (TPSA) is 77.5 Å². The zero-order valence-corrected chi connectivity index (χ0v) is 12.6. The van der Waals surface area contributed by atoms with Crippen molar-refractivity contribution in [2.45, 2.75) is 6.42 Å². The number of esters is 1. The number of hydrogen-bond donors (Lipinski definition) is 1.